The molecule has 92 valence electrons. The summed E-state index contributed by atoms with van der Waals surface area (Å²) in [6, 6.07) is 4.38. The predicted molar refractivity (Wildman–Crippen MR) is 73.5 cm³/mol. The highest BCUT2D eigenvalue weighted by atomic mass is 14.9. The van der Waals surface area contributed by atoms with Gasteiger partial charge in [0.05, 0.1) is 11.0 Å². The molecule has 0 amide bonds. The summed E-state index contributed by atoms with van der Waals surface area (Å²) in [7, 11) is 0. The number of nitrogens with one attached hydrogen (secondary N) is 1. The van der Waals surface area contributed by atoms with Crippen molar-refractivity contribution >= 4 is 11.0 Å². The first kappa shape index (κ1) is 12.2. The molecule has 0 aliphatic rings. The van der Waals surface area contributed by atoms with Crippen molar-refractivity contribution in [2.75, 3.05) is 0 Å². The van der Waals surface area contributed by atoms with Crippen LogP contribution in [0.15, 0.2) is 12.1 Å². The van der Waals surface area contributed by atoms with Gasteiger partial charge in [0.15, 0.2) is 0 Å². The molecule has 17 heavy (non-hydrogen) atoms. The molecule has 2 aromatic rings. The van der Waals surface area contributed by atoms with Gasteiger partial charge in [-0.2, -0.15) is 0 Å². The van der Waals surface area contributed by atoms with Gasteiger partial charge in [0.1, 0.15) is 5.82 Å². The lowest BCUT2D eigenvalue weighted by Gasteiger charge is -2.06. The van der Waals surface area contributed by atoms with Crippen molar-refractivity contribution in [2.24, 2.45) is 0 Å². The Kier molecular flexibility index (Phi) is 3.51. The van der Waals surface area contributed by atoms with E-state index in [2.05, 4.69) is 44.8 Å². The van der Waals surface area contributed by atoms with Gasteiger partial charge in [0, 0.05) is 5.92 Å². The Morgan fingerprint density at radius 1 is 1.29 bits per heavy atom. The van der Waals surface area contributed by atoms with Gasteiger partial charge in [-0.05, 0) is 37.5 Å². The van der Waals surface area contributed by atoms with Gasteiger partial charge in [-0.15, -0.1) is 0 Å². The summed E-state index contributed by atoms with van der Waals surface area (Å²) < 4.78 is 0. The lowest BCUT2D eigenvalue weighted by atomic mass is 10.0. The van der Waals surface area contributed by atoms with Crippen LogP contribution in [0, 0.1) is 13.8 Å². The summed E-state index contributed by atoms with van der Waals surface area (Å²) >= 11 is 0. The lowest BCUT2D eigenvalue weighted by molar-refractivity contribution is 0.602. The second kappa shape index (κ2) is 4.91. The van der Waals surface area contributed by atoms with E-state index in [-0.39, 0.29) is 0 Å². The maximum Gasteiger partial charge on any atom is 0.110 e. The summed E-state index contributed by atoms with van der Waals surface area (Å²) in [6.07, 6.45) is 3.74. The summed E-state index contributed by atoms with van der Waals surface area (Å²) in [6.45, 7) is 8.76. The number of aromatic nitrogens is 2. The fourth-order valence-corrected chi connectivity index (χ4v) is 2.37. The van der Waals surface area contributed by atoms with Crippen molar-refractivity contribution in [2.45, 2.75) is 52.9 Å². The molecular formula is C15H22N2. The van der Waals surface area contributed by atoms with Crippen molar-refractivity contribution in [3.63, 3.8) is 0 Å². The molecule has 2 nitrogen and oxygen atoms in total. The molecule has 0 saturated carbocycles. The third kappa shape index (κ3) is 2.51. The van der Waals surface area contributed by atoms with Gasteiger partial charge in [0.2, 0.25) is 0 Å². The number of hydrogen-bond acceptors (Lipinski definition) is 1. The average molecular weight is 230 g/mol. The third-order valence-electron chi connectivity index (χ3n) is 3.40. The van der Waals surface area contributed by atoms with Crippen molar-refractivity contribution in [3.05, 3.63) is 29.1 Å². The number of imidazole rings is 1. The minimum absolute atomic E-state index is 0.530. The van der Waals surface area contributed by atoms with Crippen molar-refractivity contribution in [1.82, 2.24) is 9.97 Å². The summed E-state index contributed by atoms with van der Waals surface area (Å²) in [4.78, 5) is 8.23. The zero-order valence-electron chi connectivity index (χ0n) is 11.3. The van der Waals surface area contributed by atoms with Gasteiger partial charge in [-0.1, -0.05) is 32.8 Å². The molecule has 0 saturated heterocycles. The van der Waals surface area contributed by atoms with E-state index in [0.717, 1.165) is 11.3 Å². The number of fused-ring (bicyclic) bond motifs is 1. The van der Waals surface area contributed by atoms with Crippen LogP contribution in [0.2, 0.25) is 0 Å². The smallest absolute Gasteiger partial charge is 0.110 e. The molecule has 1 N–H and O–H groups in total. The Morgan fingerprint density at radius 2 is 2.06 bits per heavy atom. The fourth-order valence-electron chi connectivity index (χ4n) is 2.37. The van der Waals surface area contributed by atoms with Crippen molar-refractivity contribution < 1.29 is 0 Å². The third-order valence-corrected chi connectivity index (χ3v) is 3.40. The molecule has 1 unspecified atom stereocenters. The van der Waals surface area contributed by atoms with Crippen LogP contribution in [0.25, 0.3) is 11.0 Å². The van der Waals surface area contributed by atoms with Gasteiger partial charge < -0.3 is 4.98 Å². The number of H-pyrrole nitrogens is 1. The maximum atomic E-state index is 4.75. The molecule has 1 heterocycles. The highest BCUT2D eigenvalue weighted by molar-refractivity contribution is 5.79. The minimum atomic E-state index is 0.530. The molecule has 1 atom stereocenters. The number of aromatic amines is 1. The van der Waals surface area contributed by atoms with E-state index in [1.54, 1.807) is 0 Å². The second-order valence-electron chi connectivity index (χ2n) is 5.14. The number of benzene rings is 1. The summed E-state index contributed by atoms with van der Waals surface area (Å²) in [5.74, 6) is 1.67. The van der Waals surface area contributed by atoms with Crippen LogP contribution in [-0.4, -0.2) is 9.97 Å². The number of rotatable bonds is 4. The lowest BCUT2D eigenvalue weighted by Crippen LogP contribution is -1.95. The topological polar surface area (TPSA) is 28.7 Å². The van der Waals surface area contributed by atoms with E-state index in [1.807, 2.05) is 0 Å². The number of hydrogen-bond donors (Lipinski definition) is 1. The monoisotopic (exact) mass is 230 g/mol. The van der Waals surface area contributed by atoms with Crippen LogP contribution in [0.4, 0.5) is 0 Å². The largest absolute Gasteiger partial charge is 0.342 e. The Labute approximate surface area is 103 Å². The predicted octanol–water partition coefficient (Wildman–Crippen LogP) is 4.47. The van der Waals surface area contributed by atoms with Crippen LogP contribution >= 0.6 is 0 Å². The highest BCUT2D eigenvalue weighted by Gasteiger charge is 2.11. The quantitative estimate of drug-likeness (QED) is 0.824. The molecule has 0 bridgehead atoms. The minimum Gasteiger partial charge on any atom is -0.342 e. The summed E-state index contributed by atoms with van der Waals surface area (Å²) in [5, 5.41) is 0. The van der Waals surface area contributed by atoms with Crippen LogP contribution in [0.5, 0.6) is 0 Å². The second-order valence-corrected chi connectivity index (χ2v) is 5.14. The Bertz CT molecular complexity index is 511. The number of aryl methyl sites for hydroxylation is 2. The number of unbranched alkanes of at least 4 members (excludes halogenated alkanes) is 1. The molecule has 1 aromatic heterocycles. The van der Waals surface area contributed by atoms with E-state index in [0.29, 0.717) is 5.92 Å². The zero-order valence-corrected chi connectivity index (χ0v) is 11.3. The SMILES string of the molecule is CCCCC(C)c1nc2c(C)cc(C)cc2[nH]1. The van der Waals surface area contributed by atoms with Crippen LogP contribution in [0.3, 0.4) is 0 Å². The molecule has 2 heteroatoms. The highest BCUT2D eigenvalue weighted by Crippen LogP contribution is 2.24. The van der Waals surface area contributed by atoms with Crippen molar-refractivity contribution in [1.29, 1.82) is 0 Å². The fraction of sp³-hybridized carbons (Fsp3) is 0.533. The Balaban J connectivity index is 2.34. The van der Waals surface area contributed by atoms with Crippen LogP contribution in [0.1, 0.15) is 56.0 Å². The van der Waals surface area contributed by atoms with Gasteiger partial charge in [-0.25, -0.2) is 4.98 Å². The van der Waals surface area contributed by atoms with E-state index >= 15 is 0 Å². The molecular weight excluding hydrogens is 208 g/mol. The first-order valence-corrected chi connectivity index (χ1v) is 6.58. The van der Waals surface area contributed by atoms with E-state index < -0.39 is 0 Å². The van der Waals surface area contributed by atoms with Crippen LogP contribution < -0.4 is 0 Å². The standard InChI is InChI=1S/C15H22N2/c1-5-6-7-11(3)15-16-13-9-10(2)8-12(4)14(13)17-15/h8-9,11H,5-7H2,1-4H3,(H,16,17). The molecule has 0 aliphatic carbocycles. The van der Waals surface area contributed by atoms with E-state index in [4.69, 9.17) is 4.98 Å². The maximum absolute atomic E-state index is 4.75. The Morgan fingerprint density at radius 3 is 2.76 bits per heavy atom. The van der Waals surface area contributed by atoms with E-state index in [1.165, 1.54) is 35.9 Å². The molecule has 1 aromatic carbocycles. The molecule has 2 rings (SSSR count). The molecule has 0 radical (unpaired) electrons. The van der Waals surface area contributed by atoms with Gasteiger partial charge in [-0.3, -0.25) is 0 Å². The van der Waals surface area contributed by atoms with Crippen LogP contribution in [-0.2, 0) is 0 Å². The van der Waals surface area contributed by atoms with Gasteiger partial charge in [0.25, 0.3) is 0 Å². The molecule has 0 fully saturated rings. The van der Waals surface area contributed by atoms with Gasteiger partial charge >= 0.3 is 0 Å². The normalized spacial score (nSPS) is 13.2. The first-order chi connectivity index (χ1) is 8.11. The van der Waals surface area contributed by atoms with Crippen molar-refractivity contribution in [3.8, 4) is 0 Å². The van der Waals surface area contributed by atoms with E-state index in [9.17, 15) is 0 Å². The first-order valence-electron chi connectivity index (χ1n) is 6.58. The molecule has 0 aliphatic heterocycles. The average Bonchev–Trinajstić information content (AvgIpc) is 2.69. The molecule has 0 spiro atoms. The number of nitrogens with zero attached hydrogens (tertiary/aromatic N) is 1. The summed E-state index contributed by atoms with van der Waals surface area (Å²) in [5.41, 5.74) is 4.88. The zero-order chi connectivity index (χ0) is 12.4. The Hall–Kier alpha value is -1.31.